The van der Waals surface area contributed by atoms with Crippen LogP contribution in [0.4, 0.5) is 0 Å². The van der Waals surface area contributed by atoms with Crippen molar-refractivity contribution in [2.45, 2.75) is 107 Å². The van der Waals surface area contributed by atoms with Crippen LogP contribution in [0.5, 0.6) is 0 Å². The first-order valence-electron chi connectivity index (χ1n) is 12.2. The Morgan fingerprint density at radius 1 is 0.419 bits per heavy atom. The fourth-order valence-corrected chi connectivity index (χ4v) is 3.15. The minimum Gasteiger partial charge on any atom is -0.373 e. The standard InChI is InChI=1S/C30H50O/c1-25(2)13-9-15-27(5)17-11-19-29(7)21-23-31-24-22-30(8)20-12-18-28(6)16-10-14-26(3)4/h13-14,17-18,21-22H,9-12,15-16,19-20,23-24H2,1-8H3/b27-17-,28-18-,29-21?,30-22?. The van der Waals surface area contributed by atoms with Crippen molar-refractivity contribution in [2.24, 2.45) is 0 Å². The first-order chi connectivity index (χ1) is 14.7. The Hall–Kier alpha value is -1.60. The summed E-state index contributed by atoms with van der Waals surface area (Å²) in [4.78, 5) is 0. The van der Waals surface area contributed by atoms with Crippen LogP contribution in [0.15, 0.2) is 69.9 Å². The van der Waals surface area contributed by atoms with Crippen molar-refractivity contribution in [3.63, 3.8) is 0 Å². The number of ether oxygens (including phenoxy) is 1. The van der Waals surface area contributed by atoms with Gasteiger partial charge in [-0.25, -0.2) is 0 Å². The summed E-state index contributed by atoms with van der Waals surface area (Å²) in [5, 5.41) is 0. The molecule has 0 unspecified atom stereocenters. The van der Waals surface area contributed by atoms with Gasteiger partial charge in [-0.2, -0.15) is 0 Å². The Kier molecular flexibility index (Phi) is 18.1. The predicted molar refractivity (Wildman–Crippen MR) is 142 cm³/mol. The lowest BCUT2D eigenvalue weighted by molar-refractivity contribution is 0.192. The lowest BCUT2D eigenvalue weighted by Gasteiger charge is -2.03. The van der Waals surface area contributed by atoms with E-state index < -0.39 is 0 Å². The first-order valence-corrected chi connectivity index (χ1v) is 12.2. The zero-order chi connectivity index (χ0) is 23.5. The lowest BCUT2D eigenvalue weighted by atomic mass is 10.1. The second kappa shape index (κ2) is 19.1. The molecular formula is C30H50O. The molecule has 0 N–H and O–H groups in total. The zero-order valence-electron chi connectivity index (χ0n) is 21.9. The van der Waals surface area contributed by atoms with Crippen LogP contribution in [-0.2, 0) is 4.74 Å². The van der Waals surface area contributed by atoms with Gasteiger partial charge < -0.3 is 4.74 Å². The van der Waals surface area contributed by atoms with E-state index in [9.17, 15) is 0 Å². The third-order valence-corrected chi connectivity index (χ3v) is 5.34. The molecule has 0 aromatic heterocycles. The van der Waals surface area contributed by atoms with Crippen molar-refractivity contribution in [2.75, 3.05) is 13.2 Å². The maximum Gasteiger partial charge on any atom is 0.0654 e. The molecule has 0 fully saturated rings. The molecule has 0 spiro atoms. The van der Waals surface area contributed by atoms with E-state index in [1.54, 1.807) is 0 Å². The summed E-state index contributed by atoms with van der Waals surface area (Å²) in [7, 11) is 0. The molecule has 0 atom stereocenters. The van der Waals surface area contributed by atoms with Gasteiger partial charge in [0.15, 0.2) is 0 Å². The second-order valence-corrected chi connectivity index (χ2v) is 9.46. The minimum atomic E-state index is 0.711. The molecule has 0 bridgehead atoms. The van der Waals surface area contributed by atoms with E-state index in [0.717, 1.165) is 38.5 Å². The fourth-order valence-electron chi connectivity index (χ4n) is 3.15. The van der Waals surface area contributed by atoms with Crippen LogP contribution in [0.1, 0.15) is 107 Å². The fraction of sp³-hybridized carbons (Fsp3) is 0.600. The molecule has 0 rings (SSSR count). The molecule has 0 heterocycles. The molecule has 0 aromatic carbocycles. The van der Waals surface area contributed by atoms with Gasteiger partial charge in [-0.05, 0) is 107 Å². The molecule has 0 amide bonds. The summed E-state index contributed by atoms with van der Waals surface area (Å²) in [6.45, 7) is 19.0. The summed E-state index contributed by atoms with van der Waals surface area (Å²) in [5.41, 5.74) is 8.66. The highest BCUT2D eigenvalue weighted by Gasteiger charge is 1.94. The minimum absolute atomic E-state index is 0.711. The molecule has 0 aliphatic heterocycles. The van der Waals surface area contributed by atoms with E-state index in [2.05, 4.69) is 91.8 Å². The highest BCUT2D eigenvalue weighted by molar-refractivity contribution is 5.07. The van der Waals surface area contributed by atoms with Gasteiger partial charge in [0.05, 0.1) is 13.2 Å². The normalized spacial score (nSPS) is 13.4. The van der Waals surface area contributed by atoms with Gasteiger partial charge in [-0.15, -0.1) is 0 Å². The van der Waals surface area contributed by atoms with Gasteiger partial charge in [0.25, 0.3) is 0 Å². The predicted octanol–water partition coefficient (Wildman–Crippen LogP) is 9.84. The summed E-state index contributed by atoms with van der Waals surface area (Å²) >= 11 is 0. The van der Waals surface area contributed by atoms with Crippen molar-refractivity contribution in [3.8, 4) is 0 Å². The molecule has 31 heavy (non-hydrogen) atoms. The van der Waals surface area contributed by atoms with Crippen molar-refractivity contribution in [1.29, 1.82) is 0 Å². The van der Waals surface area contributed by atoms with Gasteiger partial charge in [0.2, 0.25) is 0 Å². The van der Waals surface area contributed by atoms with Crippen LogP contribution in [-0.4, -0.2) is 13.2 Å². The van der Waals surface area contributed by atoms with Gasteiger partial charge in [0, 0.05) is 0 Å². The number of hydrogen-bond acceptors (Lipinski definition) is 1. The second-order valence-electron chi connectivity index (χ2n) is 9.46. The Morgan fingerprint density at radius 3 is 1.03 bits per heavy atom. The van der Waals surface area contributed by atoms with E-state index in [4.69, 9.17) is 4.74 Å². The molecule has 0 radical (unpaired) electrons. The number of hydrogen-bond donors (Lipinski definition) is 0. The van der Waals surface area contributed by atoms with Crippen molar-refractivity contribution >= 4 is 0 Å². The van der Waals surface area contributed by atoms with Crippen molar-refractivity contribution < 1.29 is 4.74 Å². The van der Waals surface area contributed by atoms with E-state index in [1.165, 1.54) is 46.3 Å². The monoisotopic (exact) mass is 426 g/mol. The summed E-state index contributed by atoms with van der Waals surface area (Å²) in [6.07, 6.45) is 23.0. The highest BCUT2D eigenvalue weighted by Crippen LogP contribution is 2.12. The topological polar surface area (TPSA) is 9.23 Å². The molecule has 0 saturated heterocycles. The van der Waals surface area contributed by atoms with Crippen LogP contribution in [0.25, 0.3) is 0 Å². The quantitative estimate of drug-likeness (QED) is 0.176. The van der Waals surface area contributed by atoms with Gasteiger partial charge in [-0.1, -0.05) is 69.9 Å². The van der Waals surface area contributed by atoms with Crippen molar-refractivity contribution in [1.82, 2.24) is 0 Å². The molecule has 176 valence electrons. The summed E-state index contributed by atoms with van der Waals surface area (Å²) in [6, 6.07) is 0. The molecule has 0 aliphatic rings. The van der Waals surface area contributed by atoms with Gasteiger partial charge in [-0.3, -0.25) is 0 Å². The van der Waals surface area contributed by atoms with E-state index in [-0.39, 0.29) is 0 Å². The third-order valence-electron chi connectivity index (χ3n) is 5.34. The van der Waals surface area contributed by atoms with Crippen LogP contribution in [0.2, 0.25) is 0 Å². The molecule has 1 heteroatoms. The molecule has 0 aromatic rings. The largest absolute Gasteiger partial charge is 0.373 e. The average Bonchev–Trinajstić information content (AvgIpc) is 2.67. The van der Waals surface area contributed by atoms with Crippen LogP contribution in [0, 0.1) is 0 Å². The van der Waals surface area contributed by atoms with Crippen LogP contribution < -0.4 is 0 Å². The lowest BCUT2D eigenvalue weighted by Crippen LogP contribution is -1.93. The first kappa shape index (κ1) is 29.4. The Bertz CT molecular complexity index is 599. The molecule has 0 saturated carbocycles. The van der Waals surface area contributed by atoms with Crippen LogP contribution in [0.3, 0.4) is 0 Å². The van der Waals surface area contributed by atoms with Crippen molar-refractivity contribution in [3.05, 3.63) is 69.9 Å². The van der Waals surface area contributed by atoms with Crippen LogP contribution >= 0.6 is 0 Å². The summed E-state index contributed by atoms with van der Waals surface area (Å²) < 4.78 is 5.78. The molecule has 0 aliphatic carbocycles. The molecular weight excluding hydrogens is 376 g/mol. The SMILES string of the molecule is CC(C)=CCC/C(C)=C\CCC(C)=CCOCC=C(C)CC/C=C(/C)CCC=C(C)C. The zero-order valence-corrected chi connectivity index (χ0v) is 21.9. The smallest absolute Gasteiger partial charge is 0.0654 e. The number of rotatable bonds is 16. The van der Waals surface area contributed by atoms with E-state index >= 15 is 0 Å². The van der Waals surface area contributed by atoms with E-state index in [1.807, 2.05) is 0 Å². The maximum atomic E-state index is 5.78. The Labute approximate surface area is 194 Å². The number of allylic oxidation sites excluding steroid dienone is 10. The van der Waals surface area contributed by atoms with Gasteiger partial charge >= 0.3 is 0 Å². The summed E-state index contributed by atoms with van der Waals surface area (Å²) in [5.74, 6) is 0. The third kappa shape index (κ3) is 21.4. The average molecular weight is 427 g/mol. The Morgan fingerprint density at radius 2 is 0.710 bits per heavy atom. The van der Waals surface area contributed by atoms with E-state index in [0.29, 0.717) is 13.2 Å². The molecule has 1 nitrogen and oxygen atoms in total. The van der Waals surface area contributed by atoms with Gasteiger partial charge in [0.1, 0.15) is 0 Å². The highest BCUT2D eigenvalue weighted by atomic mass is 16.5. The Balaban J connectivity index is 3.98. The maximum absolute atomic E-state index is 5.78.